The Morgan fingerprint density at radius 3 is 2.35 bits per heavy atom. The van der Waals surface area contributed by atoms with Gasteiger partial charge in [0, 0.05) is 6.07 Å². The lowest BCUT2D eigenvalue weighted by Gasteiger charge is -2.04. The van der Waals surface area contributed by atoms with Gasteiger partial charge in [-0.3, -0.25) is 0 Å². The van der Waals surface area contributed by atoms with E-state index in [1.54, 1.807) is 0 Å². The zero-order valence-corrected chi connectivity index (χ0v) is 10.9. The molecular weight excluding hydrogens is 306 g/mol. The van der Waals surface area contributed by atoms with Crippen LogP contribution in [-0.2, 0) is 0 Å². The summed E-state index contributed by atoms with van der Waals surface area (Å²) in [5.74, 6) is 0.954. The van der Waals surface area contributed by atoms with Crippen molar-refractivity contribution in [3.05, 3.63) is 16.9 Å². The minimum atomic E-state index is 0.304. The maximum Gasteiger partial charge on any atom is 0.197 e. The van der Waals surface area contributed by atoms with Crippen LogP contribution in [0.5, 0.6) is 0 Å². The molecule has 0 saturated heterocycles. The summed E-state index contributed by atoms with van der Waals surface area (Å²) in [5, 5.41) is 1.00. The van der Waals surface area contributed by atoms with Crippen LogP contribution >= 0.6 is 27.7 Å². The van der Waals surface area contributed by atoms with Gasteiger partial charge in [0.1, 0.15) is 28.8 Å². The van der Waals surface area contributed by atoms with E-state index in [-0.39, 0.29) is 0 Å². The zero-order chi connectivity index (χ0) is 12.4. The third-order valence-corrected chi connectivity index (χ3v) is 3.63. The zero-order valence-electron chi connectivity index (χ0n) is 8.46. The van der Waals surface area contributed by atoms with Crippen molar-refractivity contribution in [1.29, 1.82) is 0 Å². The summed E-state index contributed by atoms with van der Waals surface area (Å²) in [4.78, 5) is 15.9. The number of halogens is 1. The van der Waals surface area contributed by atoms with Crippen LogP contribution < -0.4 is 17.2 Å². The molecule has 17 heavy (non-hydrogen) atoms. The Balaban J connectivity index is 2.34. The van der Waals surface area contributed by atoms with Gasteiger partial charge >= 0.3 is 0 Å². The number of nitrogens with zero attached hydrogens (tertiary/aromatic N) is 4. The predicted octanol–water partition coefficient (Wildman–Crippen LogP) is 0.927. The number of aromatic nitrogens is 4. The third-order valence-electron chi connectivity index (χ3n) is 1.72. The summed E-state index contributed by atoms with van der Waals surface area (Å²) in [5.41, 5.74) is 16.8. The van der Waals surface area contributed by atoms with Crippen LogP contribution in [0.1, 0.15) is 0 Å². The second-order valence-electron chi connectivity index (χ2n) is 2.98. The Labute approximate surface area is 109 Å². The van der Waals surface area contributed by atoms with Crippen molar-refractivity contribution in [2.45, 2.75) is 10.2 Å². The summed E-state index contributed by atoms with van der Waals surface area (Å²) in [6.07, 6.45) is 1.36. The Morgan fingerprint density at radius 1 is 1.06 bits per heavy atom. The molecule has 0 aliphatic carbocycles. The van der Waals surface area contributed by atoms with Crippen molar-refractivity contribution in [3.8, 4) is 0 Å². The van der Waals surface area contributed by atoms with Gasteiger partial charge in [0.2, 0.25) is 0 Å². The number of nitrogens with two attached hydrogens (primary N) is 3. The highest BCUT2D eigenvalue weighted by Gasteiger charge is 2.10. The number of hydrogen-bond donors (Lipinski definition) is 3. The molecule has 7 nitrogen and oxygen atoms in total. The third kappa shape index (κ3) is 2.74. The SMILES string of the molecule is Nc1cc(N)nc(Sc2ncnc(N)c2Br)n1. The van der Waals surface area contributed by atoms with Crippen LogP contribution in [0.3, 0.4) is 0 Å². The molecule has 88 valence electrons. The lowest BCUT2D eigenvalue weighted by molar-refractivity contribution is 0.967. The summed E-state index contributed by atoms with van der Waals surface area (Å²) < 4.78 is 0.592. The van der Waals surface area contributed by atoms with Gasteiger partial charge in [-0.25, -0.2) is 19.9 Å². The van der Waals surface area contributed by atoms with Crippen LogP contribution in [0, 0.1) is 0 Å². The van der Waals surface area contributed by atoms with E-state index in [0.717, 1.165) is 0 Å². The molecule has 0 atom stereocenters. The second kappa shape index (κ2) is 4.72. The fraction of sp³-hybridized carbons (Fsp3) is 0. The molecule has 0 fully saturated rings. The Kier molecular flexibility index (Phi) is 3.29. The van der Waals surface area contributed by atoms with Gasteiger partial charge in [-0.2, -0.15) is 0 Å². The second-order valence-corrected chi connectivity index (χ2v) is 4.73. The molecule has 2 heterocycles. The van der Waals surface area contributed by atoms with Gasteiger partial charge in [0.15, 0.2) is 5.16 Å². The number of anilines is 3. The van der Waals surface area contributed by atoms with E-state index < -0.39 is 0 Å². The lowest BCUT2D eigenvalue weighted by atomic mass is 10.5. The Morgan fingerprint density at radius 2 is 1.71 bits per heavy atom. The first kappa shape index (κ1) is 11.9. The molecule has 2 rings (SSSR count). The smallest absolute Gasteiger partial charge is 0.197 e. The van der Waals surface area contributed by atoms with Crippen molar-refractivity contribution in [2.24, 2.45) is 0 Å². The number of hydrogen-bond acceptors (Lipinski definition) is 8. The summed E-state index contributed by atoms with van der Waals surface area (Å²) in [6.45, 7) is 0. The Bertz CT molecular complexity index is 541. The van der Waals surface area contributed by atoms with E-state index in [4.69, 9.17) is 17.2 Å². The topological polar surface area (TPSA) is 130 Å². The molecule has 2 aromatic heterocycles. The van der Waals surface area contributed by atoms with Crippen molar-refractivity contribution >= 4 is 45.1 Å². The maximum atomic E-state index is 5.63. The van der Waals surface area contributed by atoms with E-state index in [0.29, 0.717) is 32.1 Å². The van der Waals surface area contributed by atoms with E-state index in [2.05, 4.69) is 35.9 Å². The molecule has 0 aliphatic heterocycles. The van der Waals surface area contributed by atoms with Crippen molar-refractivity contribution in [2.75, 3.05) is 17.2 Å². The van der Waals surface area contributed by atoms with Crippen LogP contribution in [-0.4, -0.2) is 19.9 Å². The van der Waals surface area contributed by atoms with E-state index in [9.17, 15) is 0 Å². The Hall–Kier alpha value is -1.61. The minimum Gasteiger partial charge on any atom is -0.383 e. The summed E-state index contributed by atoms with van der Waals surface area (Å²) in [6, 6.07) is 1.48. The highest BCUT2D eigenvalue weighted by atomic mass is 79.9. The van der Waals surface area contributed by atoms with E-state index >= 15 is 0 Å². The molecule has 0 radical (unpaired) electrons. The molecular formula is C8H8BrN7S. The lowest BCUT2D eigenvalue weighted by Crippen LogP contribution is -2.00. The average molecular weight is 314 g/mol. The standard InChI is InChI=1S/C8H8BrN7S/c9-5-6(12)13-2-14-7(5)17-8-15-3(10)1-4(11)16-8/h1-2H,(H2,12,13,14)(H4,10,11,15,16). The average Bonchev–Trinajstić information content (AvgIpc) is 2.23. The predicted molar refractivity (Wildman–Crippen MR) is 69.1 cm³/mol. The molecule has 0 aliphatic rings. The van der Waals surface area contributed by atoms with Crippen molar-refractivity contribution in [3.63, 3.8) is 0 Å². The number of rotatable bonds is 2. The van der Waals surface area contributed by atoms with Crippen LogP contribution in [0.4, 0.5) is 17.5 Å². The van der Waals surface area contributed by atoms with E-state index in [1.807, 2.05) is 0 Å². The van der Waals surface area contributed by atoms with Gasteiger partial charge < -0.3 is 17.2 Å². The summed E-state index contributed by atoms with van der Waals surface area (Å²) >= 11 is 4.48. The molecule has 0 spiro atoms. The molecule has 0 aromatic carbocycles. The molecule has 0 saturated carbocycles. The highest BCUT2D eigenvalue weighted by Crippen LogP contribution is 2.32. The van der Waals surface area contributed by atoms with Crippen LogP contribution in [0.25, 0.3) is 0 Å². The molecule has 0 unspecified atom stereocenters. The quantitative estimate of drug-likeness (QED) is 0.551. The first-order valence-corrected chi connectivity index (χ1v) is 6.01. The van der Waals surface area contributed by atoms with Gasteiger partial charge in [0.05, 0.1) is 4.47 Å². The van der Waals surface area contributed by atoms with Crippen LogP contribution in [0.15, 0.2) is 27.0 Å². The molecule has 9 heteroatoms. The largest absolute Gasteiger partial charge is 0.383 e. The fourth-order valence-electron chi connectivity index (χ4n) is 1.03. The normalized spacial score (nSPS) is 10.4. The first-order chi connectivity index (χ1) is 8.06. The number of nitrogen functional groups attached to an aromatic ring is 3. The summed E-state index contributed by atoms with van der Waals surface area (Å²) in [7, 11) is 0. The molecule has 0 bridgehead atoms. The van der Waals surface area contributed by atoms with Gasteiger partial charge in [-0.1, -0.05) is 0 Å². The monoisotopic (exact) mass is 313 g/mol. The van der Waals surface area contributed by atoms with Crippen molar-refractivity contribution < 1.29 is 0 Å². The minimum absolute atomic E-state index is 0.304. The highest BCUT2D eigenvalue weighted by molar-refractivity contribution is 9.10. The maximum absolute atomic E-state index is 5.63. The fourth-order valence-corrected chi connectivity index (χ4v) is 2.25. The van der Waals surface area contributed by atoms with Crippen molar-refractivity contribution in [1.82, 2.24) is 19.9 Å². The molecule has 2 aromatic rings. The van der Waals surface area contributed by atoms with E-state index in [1.165, 1.54) is 24.2 Å². The van der Waals surface area contributed by atoms with Gasteiger partial charge in [-0.15, -0.1) is 0 Å². The first-order valence-electron chi connectivity index (χ1n) is 4.40. The van der Waals surface area contributed by atoms with Gasteiger partial charge in [0.25, 0.3) is 0 Å². The van der Waals surface area contributed by atoms with Crippen LogP contribution in [0.2, 0.25) is 0 Å². The molecule has 0 amide bonds. The molecule has 6 N–H and O–H groups in total. The van der Waals surface area contributed by atoms with Gasteiger partial charge in [-0.05, 0) is 27.7 Å².